The number of carbonyl (C=O) groups is 1. The van der Waals surface area contributed by atoms with E-state index in [9.17, 15) is 9.90 Å². The first-order chi connectivity index (χ1) is 15.9. The highest BCUT2D eigenvalue weighted by atomic mass is 35.5. The summed E-state index contributed by atoms with van der Waals surface area (Å²) < 4.78 is 11.1. The van der Waals surface area contributed by atoms with Gasteiger partial charge < -0.3 is 14.6 Å². The van der Waals surface area contributed by atoms with Gasteiger partial charge in [0.25, 0.3) is 0 Å². The molecule has 0 radical (unpaired) electrons. The van der Waals surface area contributed by atoms with Crippen molar-refractivity contribution in [3.8, 4) is 16.9 Å². The van der Waals surface area contributed by atoms with Gasteiger partial charge in [-0.25, -0.2) is 4.79 Å². The molecule has 1 N–H and O–H groups in total. The Morgan fingerprint density at radius 2 is 1.61 bits per heavy atom. The van der Waals surface area contributed by atoms with Gasteiger partial charge in [-0.2, -0.15) is 0 Å². The summed E-state index contributed by atoms with van der Waals surface area (Å²) in [5.74, 6) is -0.235. The molecule has 0 aliphatic rings. The second-order valence-electron chi connectivity index (χ2n) is 7.56. The van der Waals surface area contributed by atoms with Crippen molar-refractivity contribution in [2.24, 2.45) is 0 Å². The fraction of sp³-hybridized carbons (Fsp3) is 0.222. The van der Waals surface area contributed by atoms with Crippen LogP contribution in [0.5, 0.6) is 5.75 Å². The zero-order valence-electron chi connectivity index (χ0n) is 18.6. The number of rotatable bonds is 10. The van der Waals surface area contributed by atoms with Crippen molar-refractivity contribution >= 4 is 34.7 Å². The Hall–Kier alpha value is -2.79. The normalized spacial score (nSPS) is 12.4. The van der Waals surface area contributed by atoms with Crippen LogP contribution in [0.2, 0.25) is 10.0 Å². The Balaban J connectivity index is 1.57. The molecule has 0 aliphatic carbocycles. The van der Waals surface area contributed by atoms with Gasteiger partial charge in [-0.1, -0.05) is 59.6 Å². The van der Waals surface area contributed by atoms with Crippen LogP contribution in [0.4, 0.5) is 0 Å². The summed E-state index contributed by atoms with van der Waals surface area (Å²) in [7, 11) is 0. The quantitative estimate of drug-likeness (QED) is 0.331. The SMILES string of the molecule is CCOC(Cc1ccc(OC/C=C(\C)c2ccc(-c3cc(Cl)cc(Cl)c3)cc2)cc1)C(=O)O. The summed E-state index contributed by atoms with van der Waals surface area (Å²) in [5.41, 5.74) is 5.10. The molecule has 0 heterocycles. The number of halogens is 2. The summed E-state index contributed by atoms with van der Waals surface area (Å²) >= 11 is 12.2. The van der Waals surface area contributed by atoms with Crippen LogP contribution < -0.4 is 4.74 Å². The lowest BCUT2D eigenvalue weighted by Crippen LogP contribution is -2.26. The first kappa shape index (κ1) is 24.8. The number of hydrogen-bond acceptors (Lipinski definition) is 3. The Kier molecular flexibility index (Phi) is 8.95. The van der Waals surface area contributed by atoms with Gasteiger partial charge >= 0.3 is 5.97 Å². The smallest absolute Gasteiger partial charge is 0.333 e. The van der Waals surface area contributed by atoms with Gasteiger partial charge in [-0.3, -0.25) is 0 Å². The maximum absolute atomic E-state index is 11.2. The lowest BCUT2D eigenvalue weighted by atomic mass is 10.0. The van der Waals surface area contributed by atoms with Gasteiger partial charge in [0.2, 0.25) is 0 Å². The Bertz CT molecular complexity index is 1090. The molecular weight excluding hydrogens is 459 g/mol. The molecule has 0 saturated carbocycles. The van der Waals surface area contributed by atoms with Gasteiger partial charge in [-0.05, 0) is 78.1 Å². The monoisotopic (exact) mass is 484 g/mol. The summed E-state index contributed by atoms with van der Waals surface area (Å²) in [6, 6.07) is 21.1. The van der Waals surface area contributed by atoms with Gasteiger partial charge in [0.15, 0.2) is 6.10 Å². The van der Waals surface area contributed by atoms with Gasteiger partial charge in [-0.15, -0.1) is 0 Å². The Morgan fingerprint density at radius 1 is 0.970 bits per heavy atom. The van der Waals surface area contributed by atoms with Crippen LogP contribution in [-0.4, -0.2) is 30.4 Å². The third-order valence-corrected chi connectivity index (χ3v) is 5.60. The highest BCUT2D eigenvalue weighted by Gasteiger charge is 2.17. The molecule has 0 aliphatic heterocycles. The molecule has 0 fully saturated rings. The molecule has 3 rings (SSSR count). The summed E-state index contributed by atoms with van der Waals surface area (Å²) in [4.78, 5) is 11.2. The molecule has 1 atom stereocenters. The predicted octanol–water partition coefficient (Wildman–Crippen LogP) is 7.17. The number of carboxylic acids is 1. The molecule has 1 unspecified atom stereocenters. The van der Waals surface area contributed by atoms with E-state index in [0.717, 1.165) is 33.6 Å². The van der Waals surface area contributed by atoms with E-state index in [-0.39, 0.29) is 0 Å². The summed E-state index contributed by atoms with van der Waals surface area (Å²) in [6.07, 6.45) is 1.50. The van der Waals surface area contributed by atoms with Crippen molar-refractivity contribution in [1.29, 1.82) is 0 Å². The van der Waals surface area contributed by atoms with Crippen LogP contribution in [0, 0.1) is 0 Å². The average Bonchev–Trinajstić information content (AvgIpc) is 2.79. The molecule has 172 valence electrons. The Morgan fingerprint density at radius 3 is 2.18 bits per heavy atom. The van der Waals surface area contributed by atoms with Crippen LogP contribution in [0.15, 0.2) is 72.8 Å². The van der Waals surface area contributed by atoms with E-state index in [4.69, 9.17) is 32.7 Å². The van der Waals surface area contributed by atoms with Crippen LogP contribution in [-0.2, 0) is 16.0 Å². The minimum Gasteiger partial charge on any atom is -0.490 e. The lowest BCUT2D eigenvalue weighted by Gasteiger charge is -2.12. The van der Waals surface area contributed by atoms with Crippen molar-refractivity contribution in [3.05, 3.63) is 94.0 Å². The maximum Gasteiger partial charge on any atom is 0.333 e. The molecule has 0 aromatic heterocycles. The van der Waals surface area contributed by atoms with Crippen molar-refractivity contribution in [1.82, 2.24) is 0 Å². The minimum atomic E-state index is -0.956. The van der Waals surface area contributed by atoms with Gasteiger partial charge in [0, 0.05) is 23.1 Å². The lowest BCUT2D eigenvalue weighted by molar-refractivity contribution is -0.149. The van der Waals surface area contributed by atoms with E-state index in [1.54, 1.807) is 13.0 Å². The Labute approximate surface area is 204 Å². The molecular formula is C27H26Cl2O4. The molecule has 0 spiro atoms. The number of ether oxygens (including phenoxy) is 2. The minimum absolute atomic E-state index is 0.319. The molecule has 0 bridgehead atoms. The molecule has 6 heteroatoms. The number of benzene rings is 3. The predicted molar refractivity (Wildman–Crippen MR) is 134 cm³/mol. The topological polar surface area (TPSA) is 55.8 Å². The highest BCUT2D eigenvalue weighted by Crippen LogP contribution is 2.28. The fourth-order valence-corrected chi connectivity index (χ4v) is 3.91. The zero-order chi connectivity index (χ0) is 23.8. The number of aliphatic carboxylic acids is 1. The van der Waals surface area contributed by atoms with E-state index in [0.29, 0.717) is 29.7 Å². The standard InChI is InChI=1S/C27H26Cl2O4/c1-3-32-26(27(30)31)14-19-4-10-25(11-5-19)33-13-12-18(2)20-6-8-21(9-7-20)22-15-23(28)17-24(29)16-22/h4-12,15-17,26H,3,13-14H2,1-2H3,(H,30,31)/b18-12+. The first-order valence-electron chi connectivity index (χ1n) is 10.7. The van der Waals surface area contributed by atoms with Crippen molar-refractivity contribution in [3.63, 3.8) is 0 Å². The molecule has 4 nitrogen and oxygen atoms in total. The zero-order valence-corrected chi connectivity index (χ0v) is 20.1. The molecule has 0 amide bonds. The maximum atomic E-state index is 11.2. The summed E-state index contributed by atoms with van der Waals surface area (Å²) in [6.45, 7) is 4.61. The van der Waals surface area contributed by atoms with E-state index in [2.05, 4.69) is 12.1 Å². The van der Waals surface area contributed by atoms with Gasteiger partial charge in [0.05, 0.1) is 0 Å². The number of carboxylic acid groups (broad SMARTS) is 1. The third kappa shape index (κ3) is 7.36. The molecule has 0 saturated heterocycles. The number of allylic oxidation sites excluding steroid dienone is 1. The van der Waals surface area contributed by atoms with E-state index >= 15 is 0 Å². The van der Waals surface area contributed by atoms with Crippen LogP contribution >= 0.6 is 23.2 Å². The second-order valence-corrected chi connectivity index (χ2v) is 8.44. The van der Waals surface area contributed by atoms with Crippen molar-refractivity contribution in [2.45, 2.75) is 26.4 Å². The van der Waals surface area contributed by atoms with E-state index in [1.165, 1.54) is 0 Å². The molecule has 3 aromatic carbocycles. The van der Waals surface area contributed by atoms with E-state index in [1.807, 2.05) is 61.5 Å². The molecule has 33 heavy (non-hydrogen) atoms. The fourth-order valence-electron chi connectivity index (χ4n) is 3.38. The van der Waals surface area contributed by atoms with Crippen molar-refractivity contribution in [2.75, 3.05) is 13.2 Å². The second kappa shape index (κ2) is 11.9. The largest absolute Gasteiger partial charge is 0.490 e. The van der Waals surface area contributed by atoms with Crippen LogP contribution in [0.25, 0.3) is 16.7 Å². The van der Waals surface area contributed by atoms with Crippen molar-refractivity contribution < 1.29 is 19.4 Å². The third-order valence-electron chi connectivity index (χ3n) is 5.16. The average molecular weight is 485 g/mol. The first-order valence-corrected chi connectivity index (χ1v) is 11.4. The van der Waals surface area contributed by atoms with Crippen LogP contribution in [0.3, 0.4) is 0 Å². The molecule has 3 aromatic rings. The van der Waals surface area contributed by atoms with Gasteiger partial charge in [0.1, 0.15) is 12.4 Å². The van der Waals surface area contributed by atoms with E-state index < -0.39 is 12.1 Å². The van der Waals surface area contributed by atoms with Crippen LogP contribution in [0.1, 0.15) is 25.0 Å². The highest BCUT2D eigenvalue weighted by molar-refractivity contribution is 6.35. The summed E-state index contributed by atoms with van der Waals surface area (Å²) in [5, 5.41) is 10.4. The number of hydrogen-bond donors (Lipinski definition) is 1.